The first-order valence-electron chi connectivity index (χ1n) is 8.77. The molecule has 0 bridgehead atoms. The van der Waals surface area contributed by atoms with E-state index >= 15 is 0 Å². The van der Waals surface area contributed by atoms with Gasteiger partial charge in [-0.2, -0.15) is 0 Å². The van der Waals surface area contributed by atoms with Gasteiger partial charge in [0.25, 0.3) is 5.91 Å². The lowest BCUT2D eigenvalue weighted by Crippen LogP contribution is -2.32. The molecule has 142 valence electrons. The normalized spacial score (nSPS) is 14.0. The number of hydrogen-bond acceptors (Lipinski definition) is 4. The molecule has 1 aliphatic carbocycles. The third-order valence-electron chi connectivity index (χ3n) is 4.00. The zero-order valence-electron chi connectivity index (χ0n) is 14.8. The molecule has 1 aromatic rings. The smallest absolute Gasteiger partial charge is 0.257 e. The van der Waals surface area contributed by atoms with Crippen LogP contribution in [-0.2, 0) is 14.3 Å². The van der Waals surface area contributed by atoms with E-state index in [1.54, 1.807) is 24.3 Å². The summed E-state index contributed by atoms with van der Waals surface area (Å²) in [5.41, 5.74) is 0.545. The first-order valence-corrected chi connectivity index (χ1v) is 9.15. The number of nitrogens with one attached hydrogen (secondary N) is 2. The average Bonchev–Trinajstić information content (AvgIpc) is 3.13. The number of halogens is 1. The van der Waals surface area contributed by atoms with Crippen LogP contribution in [0.1, 0.15) is 32.1 Å². The molecule has 0 unspecified atom stereocenters. The van der Waals surface area contributed by atoms with E-state index in [-0.39, 0.29) is 31.1 Å². The molecule has 0 radical (unpaired) electrons. The summed E-state index contributed by atoms with van der Waals surface area (Å²) in [7, 11) is 0. The molecule has 0 aliphatic heterocycles. The lowest BCUT2D eigenvalue weighted by molar-refractivity contribution is -0.126. The Hall–Kier alpha value is -2.05. The minimum atomic E-state index is -0.247. The third kappa shape index (κ3) is 7.89. The molecule has 2 amide bonds. The molecular formula is C19H25ClN2O4. The summed E-state index contributed by atoms with van der Waals surface area (Å²) in [5, 5.41) is 6.01. The van der Waals surface area contributed by atoms with E-state index in [2.05, 4.69) is 17.2 Å². The van der Waals surface area contributed by atoms with E-state index in [1.807, 2.05) is 0 Å². The van der Waals surface area contributed by atoms with Gasteiger partial charge in [0.2, 0.25) is 5.91 Å². The highest BCUT2D eigenvalue weighted by atomic mass is 35.5. The fraction of sp³-hybridized carbons (Fsp3) is 0.474. The molecule has 0 atom stereocenters. The van der Waals surface area contributed by atoms with Crippen LogP contribution in [0.2, 0.25) is 5.02 Å². The number of rotatable bonds is 10. The predicted octanol–water partition coefficient (Wildman–Crippen LogP) is 2.81. The fourth-order valence-electron chi connectivity index (χ4n) is 2.63. The average molecular weight is 381 g/mol. The van der Waals surface area contributed by atoms with Gasteiger partial charge in [0.1, 0.15) is 12.4 Å². The molecule has 7 heteroatoms. The monoisotopic (exact) mass is 380 g/mol. The summed E-state index contributed by atoms with van der Waals surface area (Å²) in [6.45, 7) is 4.12. The van der Waals surface area contributed by atoms with Crippen molar-refractivity contribution in [2.24, 2.45) is 0 Å². The van der Waals surface area contributed by atoms with Gasteiger partial charge in [-0.1, -0.05) is 31.0 Å². The van der Waals surface area contributed by atoms with Crippen molar-refractivity contribution in [3.05, 3.63) is 41.6 Å². The maximum atomic E-state index is 11.8. The van der Waals surface area contributed by atoms with Crippen molar-refractivity contribution in [3.63, 3.8) is 0 Å². The summed E-state index contributed by atoms with van der Waals surface area (Å²) < 4.78 is 10.9. The maximum absolute atomic E-state index is 11.8. The summed E-state index contributed by atoms with van der Waals surface area (Å²) in [6, 6.07) is 6.77. The minimum Gasteiger partial charge on any atom is -0.484 e. The molecule has 0 heterocycles. The first-order chi connectivity index (χ1) is 12.5. The van der Waals surface area contributed by atoms with Crippen LogP contribution < -0.4 is 15.4 Å². The van der Waals surface area contributed by atoms with Crippen molar-refractivity contribution in [1.82, 2.24) is 10.6 Å². The lowest BCUT2D eigenvalue weighted by Gasteiger charge is -2.12. The van der Waals surface area contributed by atoms with E-state index in [9.17, 15) is 9.59 Å². The Morgan fingerprint density at radius 2 is 1.81 bits per heavy atom. The molecule has 26 heavy (non-hydrogen) atoms. The fourth-order valence-corrected chi connectivity index (χ4v) is 2.75. The lowest BCUT2D eigenvalue weighted by atomic mass is 10.3. The van der Waals surface area contributed by atoms with Crippen molar-refractivity contribution in [1.29, 1.82) is 0 Å². The highest BCUT2D eigenvalue weighted by molar-refractivity contribution is 6.30. The van der Waals surface area contributed by atoms with Crippen molar-refractivity contribution < 1.29 is 19.1 Å². The van der Waals surface area contributed by atoms with E-state index in [1.165, 1.54) is 12.8 Å². The Labute approximate surface area is 158 Å². The summed E-state index contributed by atoms with van der Waals surface area (Å²) in [5.74, 6) is 0.117. The topological polar surface area (TPSA) is 76.7 Å². The Bertz CT molecular complexity index is 612. The van der Waals surface area contributed by atoms with Crippen LogP contribution in [0.15, 0.2) is 36.5 Å². The van der Waals surface area contributed by atoms with E-state index in [0.29, 0.717) is 29.4 Å². The van der Waals surface area contributed by atoms with Crippen LogP contribution in [0.5, 0.6) is 5.75 Å². The van der Waals surface area contributed by atoms with E-state index in [0.717, 1.165) is 12.8 Å². The number of amides is 2. The Balaban J connectivity index is 1.53. The second-order valence-electron chi connectivity index (χ2n) is 6.21. The van der Waals surface area contributed by atoms with E-state index < -0.39 is 0 Å². The summed E-state index contributed by atoms with van der Waals surface area (Å²) in [6.07, 6.45) is 5.04. The molecule has 1 saturated carbocycles. The first kappa shape index (κ1) is 20.3. The van der Waals surface area contributed by atoms with Gasteiger partial charge in [0.05, 0.1) is 6.10 Å². The van der Waals surface area contributed by atoms with Gasteiger partial charge in [-0.15, -0.1) is 0 Å². The van der Waals surface area contributed by atoms with Gasteiger partial charge in [-0.3, -0.25) is 9.59 Å². The Morgan fingerprint density at radius 1 is 1.12 bits per heavy atom. The standard InChI is InChI=1S/C19H25ClN2O4/c1-14(22-19(24)13-26-16-4-2-3-5-16)10-11-21-18(23)12-25-17-8-6-15(20)7-9-17/h6-9,16H,1-5,10-13H2,(H,21,23)(H,22,24). The highest BCUT2D eigenvalue weighted by Crippen LogP contribution is 2.20. The van der Waals surface area contributed by atoms with Crippen molar-refractivity contribution in [3.8, 4) is 5.75 Å². The molecule has 1 aromatic carbocycles. The zero-order valence-corrected chi connectivity index (χ0v) is 15.5. The van der Waals surface area contributed by atoms with Crippen LogP contribution in [-0.4, -0.2) is 37.7 Å². The minimum absolute atomic E-state index is 0.0466. The van der Waals surface area contributed by atoms with Gasteiger partial charge >= 0.3 is 0 Å². The van der Waals surface area contributed by atoms with Crippen molar-refractivity contribution in [2.75, 3.05) is 19.8 Å². The van der Waals surface area contributed by atoms with Gasteiger partial charge < -0.3 is 20.1 Å². The summed E-state index contributed by atoms with van der Waals surface area (Å²) >= 11 is 5.78. The number of carbonyl (C=O) groups excluding carboxylic acids is 2. The quantitative estimate of drug-likeness (QED) is 0.654. The SMILES string of the molecule is C=C(CCNC(=O)COc1ccc(Cl)cc1)NC(=O)COC1CCCC1. The van der Waals surface area contributed by atoms with Crippen LogP contribution >= 0.6 is 11.6 Å². The van der Waals surface area contributed by atoms with Crippen LogP contribution in [0.25, 0.3) is 0 Å². The van der Waals surface area contributed by atoms with Crippen molar-refractivity contribution in [2.45, 2.75) is 38.2 Å². The van der Waals surface area contributed by atoms with Crippen LogP contribution in [0.4, 0.5) is 0 Å². The Morgan fingerprint density at radius 3 is 2.50 bits per heavy atom. The largest absolute Gasteiger partial charge is 0.484 e. The number of ether oxygens (including phenoxy) is 2. The highest BCUT2D eigenvalue weighted by Gasteiger charge is 2.16. The van der Waals surface area contributed by atoms with Crippen LogP contribution in [0.3, 0.4) is 0 Å². The molecule has 0 aromatic heterocycles. The second kappa shape index (κ2) is 10.8. The number of carbonyl (C=O) groups is 2. The van der Waals surface area contributed by atoms with Gasteiger partial charge in [-0.05, 0) is 37.1 Å². The molecule has 2 N–H and O–H groups in total. The molecule has 1 fully saturated rings. The number of hydrogen-bond donors (Lipinski definition) is 2. The van der Waals surface area contributed by atoms with Gasteiger partial charge in [-0.25, -0.2) is 0 Å². The second-order valence-corrected chi connectivity index (χ2v) is 6.65. The number of benzene rings is 1. The van der Waals surface area contributed by atoms with Crippen LogP contribution in [0, 0.1) is 0 Å². The van der Waals surface area contributed by atoms with Gasteiger partial charge in [0.15, 0.2) is 6.61 Å². The molecule has 0 saturated heterocycles. The zero-order chi connectivity index (χ0) is 18.8. The predicted molar refractivity (Wildman–Crippen MR) is 100 cm³/mol. The van der Waals surface area contributed by atoms with E-state index in [4.69, 9.17) is 21.1 Å². The maximum Gasteiger partial charge on any atom is 0.257 e. The molecule has 6 nitrogen and oxygen atoms in total. The van der Waals surface area contributed by atoms with Crippen molar-refractivity contribution >= 4 is 23.4 Å². The third-order valence-corrected chi connectivity index (χ3v) is 4.25. The molecule has 1 aliphatic rings. The molecule has 2 rings (SSSR count). The van der Waals surface area contributed by atoms with Gasteiger partial charge in [0, 0.05) is 23.7 Å². The molecule has 0 spiro atoms. The molecular weight excluding hydrogens is 356 g/mol. The Kier molecular flexibility index (Phi) is 8.44. The summed E-state index contributed by atoms with van der Waals surface area (Å²) in [4.78, 5) is 23.5.